The van der Waals surface area contributed by atoms with Gasteiger partial charge >= 0.3 is 0 Å². The van der Waals surface area contributed by atoms with Crippen LogP contribution in [0.2, 0.25) is 0 Å². The Morgan fingerprint density at radius 1 is 1.46 bits per heavy atom. The van der Waals surface area contributed by atoms with Gasteiger partial charge < -0.3 is 10.4 Å². The molecule has 3 atom stereocenters. The minimum atomic E-state index is -0.965. The molecular weight excluding hydrogens is 372 g/mol. The number of aryl methyl sites for hydroxylation is 1. The summed E-state index contributed by atoms with van der Waals surface area (Å²) in [7, 11) is 1.91. The highest BCUT2D eigenvalue weighted by Crippen LogP contribution is 2.39. The highest BCUT2D eigenvalue weighted by atomic mass is 32.1. The molecule has 1 aliphatic rings. The molecule has 1 amide bonds. The number of hydrogen-bond acceptors (Lipinski definition) is 5. The zero-order valence-electron chi connectivity index (χ0n) is 17.5. The number of likely N-dealkylation sites (tertiary alicyclic amines) is 1. The molecule has 7 heteroatoms. The number of carbonyl (C=O) groups excluding carboxylic acids is 1. The number of amides is 1. The molecule has 2 aromatic heterocycles. The Kier molecular flexibility index (Phi) is 5.98. The molecule has 28 heavy (non-hydrogen) atoms. The number of piperidine rings is 1. The summed E-state index contributed by atoms with van der Waals surface area (Å²) in [6.07, 6.45) is 4.94. The van der Waals surface area contributed by atoms with Gasteiger partial charge in [0.1, 0.15) is 0 Å². The zero-order valence-corrected chi connectivity index (χ0v) is 18.3. The molecule has 1 fully saturated rings. The van der Waals surface area contributed by atoms with Crippen molar-refractivity contribution < 1.29 is 9.90 Å². The van der Waals surface area contributed by atoms with Crippen LogP contribution in [0.15, 0.2) is 29.9 Å². The first-order valence-corrected chi connectivity index (χ1v) is 10.7. The van der Waals surface area contributed by atoms with Gasteiger partial charge in [-0.1, -0.05) is 26.8 Å². The Morgan fingerprint density at radius 2 is 2.21 bits per heavy atom. The molecule has 0 bridgehead atoms. The van der Waals surface area contributed by atoms with E-state index in [4.69, 9.17) is 0 Å². The lowest BCUT2D eigenvalue weighted by molar-refractivity contribution is -0.130. The first-order chi connectivity index (χ1) is 13.0. The summed E-state index contributed by atoms with van der Waals surface area (Å²) >= 11 is 1.67. The third-order valence-corrected chi connectivity index (χ3v) is 6.21. The van der Waals surface area contributed by atoms with Crippen LogP contribution in [0.4, 0.5) is 0 Å². The largest absolute Gasteiger partial charge is 0.388 e. The van der Waals surface area contributed by atoms with E-state index in [1.54, 1.807) is 16.0 Å². The zero-order chi connectivity index (χ0) is 20.5. The molecule has 1 aliphatic heterocycles. The van der Waals surface area contributed by atoms with Crippen LogP contribution in [0, 0.1) is 5.41 Å². The van der Waals surface area contributed by atoms with E-state index in [0.29, 0.717) is 12.8 Å². The van der Waals surface area contributed by atoms with Gasteiger partial charge in [0.25, 0.3) is 0 Å². The summed E-state index contributed by atoms with van der Waals surface area (Å²) in [4.78, 5) is 16.3. The summed E-state index contributed by atoms with van der Waals surface area (Å²) in [5.41, 5.74) is 0.0665. The maximum Gasteiger partial charge on any atom is 0.220 e. The fraction of sp³-hybridized carbons (Fsp3) is 0.619. The van der Waals surface area contributed by atoms with E-state index in [0.717, 1.165) is 23.5 Å². The van der Waals surface area contributed by atoms with Crippen LogP contribution in [-0.2, 0) is 18.4 Å². The first kappa shape index (κ1) is 21.0. The monoisotopic (exact) mass is 404 g/mol. The third-order valence-electron chi connectivity index (χ3n) is 5.27. The number of aromatic nitrogens is 2. The van der Waals surface area contributed by atoms with Crippen molar-refractivity contribution in [2.45, 2.75) is 64.8 Å². The van der Waals surface area contributed by atoms with Crippen molar-refractivity contribution in [3.63, 3.8) is 0 Å². The Balaban J connectivity index is 1.89. The summed E-state index contributed by atoms with van der Waals surface area (Å²) in [5.74, 6) is -0.0115. The molecule has 0 aromatic carbocycles. The summed E-state index contributed by atoms with van der Waals surface area (Å²) in [6.45, 7) is 9.50. The van der Waals surface area contributed by atoms with Gasteiger partial charge in [-0.25, -0.2) is 0 Å². The van der Waals surface area contributed by atoms with E-state index in [9.17, 15) is 9.90 Å². The van der Waals surface area contributed by atoms with Crippen LogP contribution in [-0.4, -0.2) is 43.9 Å². The second-order valence-electron chi connectivity index (χ2n) is 9.34. The van der Waals surface area contributed by atoms with Crippen molar-refractivity contribution in [2.75, 3.05) is 6.54 Å². The lowest BCUT2D eigenvalue weighted by atomic mass is 9.81. The SMILES string of the molecule is Cn1cc(CN2CC[C@@](C)(O)[C@@H](NC(=O)CC(C)(C)C)[C@@H]2c2cccs2)cn1. The first-order valence-electron chi connectivity index (χ1n) is 9.82. The van der Waals surface area contributed by atoms with E-state index < -0.39 is 5.60 Å². The van der Waals surface area contributed by atoms with Gasteiger partial charge in [-0.2, -0.15) is 5.10 Å². The Morgan fingerprint density at radius 3 is 2.79 bits per heavy atom. The van der Waals surface area contributed by atoms with Gasteiger partial charge in [-0.3, -0.25) is 14.4 Å². The van der Waals surface area contributed by atoms with Gasteiger partial charge in [0, 0.05) is 43.2 Å². The molecule has 0 aliphatic carbocycles. The Bertz CT molecular complexity index is 792. The van der Waals surface area contributed by atoms with Crippen molar-refractivity contribution >= 4 is 17.2 Å². The minimum absolute atomic E-state index is 0.0115. The van der Waals surface area contributed by atoms with E-state index in [2.05, 4.69) is 47.5 Å². The number of nitrogens with zero attached hydrogens (tertiary/aromatic N) is 3. The van der Waals surface area contributed by atoms with Gasteiger partial charge in [0.15, 0.2) is 0 Å². The number of thiophene rings is 1. The lowest BCUT2D eigenvalue weighted by Gasteiger charge is -2.48. The van der Waals surface area contributed by atoms with Crippen molar-refractivity contribution in [1.29, 1.82) is 0 Å². The highest BCUT2D eigenvalue weighted by molar-refractivity contribution is 7.10. The normalized spacial score (nSPS) is 26.4. The van der Waals surface area contributed by atoms with Crippen LogP contribution in [0.1, 0.15) is 57.0 Å². The second-order valence-corrected chi connectivity index (χ2v) is 10.3. The van der Waals surface area contributed by atoms with Crippen LogP contribution < -0.4 is 5.32 Å². The molecule has 3 rings (SSSR count). The van der Waals surface area contributed by atoms with Crippen molar-refractivity contribution in [1.82, 2.24) is 20.0 Å². The van der Waals surface area contributed by atoms with Crippen LogP contribution in [0.3, 0.4) is 0 Å². The number of rotatable bonds is 5. The predicted molar refractivity (Wildman–Crippen MR) is 112 cm³/mol. The van der Waals surface area contributed by atoms with Crippen molar-refractivity contribution in [3.05, 3.63) is 40.3 Å². The molecule has 6 nitrogen and oxygen atoms in total. The van der Waals surface area contributed by atoms with Crippen LogP contribution >= 0.6 is 11.3 Å². The average Bonchev–Trinajstić information content (AvgIpc) is 3.21. The van der Waals surface area contributed by atoms with Crippen molar-refractivity contribution in [2.24, 2.45) is 12.5 Å². The molecule has 0 spiro atoms. The van der Waals surface area contributed by atoms with Crippen LogP contribution in [0.5, 0.6) is 0 Å². The second kappa shape index (κ2) is 7.97. The number of nitrogens with one attached hydrogen (secondary N) is 1. The molecule has 2 N–H and O–H groups in total. The highest BCUT2D eigenvalue weighted by Gasteiger charge is 2.46. The maximum atomic E-state index is 12.7. The molecule has 0 saturated carbocycles. The average molecular weight is 405 g/mol. The summed E-state index contributed by atoms with van der Waals surface area (Å²) in [6, 6.07) is 3.68. The smallest absolute Gasteiger partial charge is 0.220 e. The quantitative estimate of drug-likeness (QED) is 0.803. The van der Waals surface area contributed by atoms with Gasteiger partial charge in [0.2, 0.25) is 5.91 Å². The maximum absolute atomic E-state index is 12.7. The summed E-state index contributed by atoms with van der Waals surface area (Å²) < 4.78 is 1.80. The molecule has 1 saturated heterocycles. The van der Waals surface area contributed by atoms with E-state index in [1.807, 2.05) is 32.4 Å². The molecular formula is C21H32N4O2S. The lowest BCUT2D eigenvalue weighted by Crippen LogP contribution is -2.62. The number of aliphatic hydroxyl groups is 1. The molecule has 0 radical (unpaired) electrons. The van der Waals surface area contributed by atoms with Gasteiger partial charge in [0.05, 0.1) is 23.9 Å². The topological polar surface area (TPSA) is 70.4 Å². The van der Waals surface area contributed by atoms with E-state index in [1.165, 1.54) is 0 Å². The molecule has 154 valence electrons. The molecule has 2 aromatic rings. The number of carbonyl (C=O) groups is 1. The van der Waals surface area contributed by atoms with E-state index in [-0.39, 0.29) is 23.4 Å². The minimum Gasteiger partial charge on any atom is -0.388 e. The van der Waals surface area contributed by atoms with Gasteiger partial charge in [-0.05, 0) is 30.2 Å². The summed E-state index contributed by atoms with van der Waals surface area (Å²) in [5, 5.41) is 20.7. The van der Waals surface area contributed by atoms with Crippen molar-refractivity contribution in [3.8, 4) is 0 Å². The van der Waals surface area contributed by atoms with Gasteiger partial charge in [-0.15, -0.1) is 11.3 Å². The molecule has 3 heterocycles. The number of hydrogen-bond donors (Lipinski definition) is 2. The predicted octanol–water partition coefficient (Wildman–Crippen LogP) is 3.10. The fourth-order valence-electron chi connectivity index (χ4n) is 3.93. The Labute approximate surface area is 171 Å². The Hall–Kier alpha value is -1.70. The van der Waals surface area contributed by atoms with Crippen LogP contribution in [0.25, 0.3) is 0 Å². The standard InChI is InChI=1S/C21H32N4O2S/c1-20(2,3)11-17(26)23-19-18(16-7-6-10-28-16)25(9-8-21(19,4)27)14-15-12-22-24(5)13-15/h6-7,10,12-13,18-19,27H,8-9,11,14H2,1-5H3,(H,23,26)/t18-,19-,21+/m0/s1. The van der Waals surface area contributed by atoms with E-state index >= 15 is 0 Å². The molecule has 0 unspecified atom stereocenters. The third kappa shape index (κ3) is 5.01. The fourth-order valence-corrected chi connectivity index (χ4v) is 4.82.